The van der Waals surface area contributed by atoms with Crippen molar-refractivity contribution in [1.29, 1.82) is 0 Å². The van der Waals surface area contributed by atoms with Crippen molar-refractivity contribution >= 4 is 29.1 Å². The molecule has 0 unspecified atom stereocenters. The van der Waals surface area contributed by atoms with Crippen molar-refractivity contribution < 1.29 is 28.5 Å². The third-order valence-electron chi connectivity index (χ3n) is 4.76. The lowest BCUT2D eigenvalue weighted by Crippen LogP contribution is -2.37. The lowest BCUT2D eigenvalue weighted by atomic mass is 10.1. The van der Waals surface area contributed by atoms with Gasteiger partial charge in [0.15, 0.2) is 23.0 Å². The van der Waals surface area contributed by atoms with Crippen LogP contribution in [0.2, 0.25) is 5.02 Å². The van der Waals surface area contributed by atoms with Crippen molar-refractivity contribution in [3.05, 3.63) is 40.9 Å². The van der Waals surface area contributed by atoms with Gasteiger partial charge < -0.3 is 29.2 Å². The Morgan fingerprint density at radius 3 is 2.56 bits per heavy atom. The van der Waals surface area contributed by atoms with Crippen LogP contribution in [0.15, 0.2) is 30.3 Å². The third-order valence-corrected chi connectivity index (χ3v) is 5.04. The molecule has 1 aliphatic heterocycles. The van der Waals surface area contributed by atoms with Crippen LogP contribution in [0.25, 0.3) is 0 Å². The van der Waals surface area contributed by atoms with E-state index in [9.17, 15) is 9.59 Å². The highest BCUT2D eigenvalue weighted by molar-refractivity contribution is 6.32. The molecule has 0 spiro atoms. The third kappa shape index (κ3) is 5.56. The van der Waals surface area contributed by atoms with Crippen molar-refractivity contribution in [2.45, 2.75) is 20.3 Å². The Morgan fingerprint density at radius 1 is 1.12 bits per heavy atom. The first-order valence-electron chi connectivity index (χ1n) is 10.5. The first-order chi connectivity index (χ1) is 15.5. The topological polar surface area (TPSA) is 86.3 Å². The number of benzene rings is 2. The number of likely N-dealkylation sites (N-methyl/N-ethyl adjacent to an activating group) is 1. The molecular weight excluding hydrogens is 436 g/mol. The number of amides is 2. The second kappa shape index (κ2) is 10.9. The number of fused-ring (bicyclic) bond motifs is 1. The van der Waals surface area contributed by atoms with E-state index in [1.807, 2.05) is 6.92 Å². The van der Waals surface area contributed by atoms with E-state index in [2.05, 4.69) is 5.32 Å². The van der Waals surface area contributed by atoms with Crippen molar-refractivity contribution in [1.82, 2.24) is 4.90 Å². The average molecular weight is 463 g/mol. The average Bonchev–Trinajstić information content (AvgIpc) is 2.80. The summed E-state index contributed by atoms with van der Waals surface area (Å²) in [5, 5.41) is 3.07. The number of halogens is 1. The van der Waals surface area contributed by atoms with Crippen LogP contribution in [0.4, 0.5) is 5.69 Å². The standard InChI is InChI=1S/C23H27ClN2O6/c1-4-8-32-22-17(24)11-15(12-20(22)29-3)23(28)26(5-2)14-21(27)25-16-6-7-18-19(13-16)31-10-9-30-18/h6-7,11-13H,4-5,8-10,14H2,1-3H3,(H,25,27). The Balaban J connectivity index is 1.70. The smallest absolute Gasteiger partial charge is 0.254 e. The molecule has 0 saturated heterocycles. The van der Waals surface area contributed by atoms with Crippen LogP contribution in [0.3, 0.4) is 0 Å². The monoisotopic (exact) mass is 462 g/mol. The molecule has 0 bridgehead atoms. The van der Waals surface area contributed by atoms with Gasteiger partial charge in [-0.05, 0) is 37.6 Å². The Bertz CT molecular complexity index is 981. The van der Waals surface area contributed by atoms with Gasteiger partial charge in [0, 0.05) is 23.9 Å². The fourth-order valence-corrected chi connectivity index (χ4v) is 3.46. The Hall–Kier alpha value is -3.13. The SMILES string of the molecule is CCCOc1c(Cl)cc(C(=O)N(CC)CC(=O)Nc2ccc3c(c2)OCCO3)cc1OC. The van der Waals surface area contributed by atoms with Crippen LogP contribution in [0.1, 0.15) is 30.6 Å². The molecule has 9 heteroatoms. The highest BCUT2D eigenvalue weighted by atomic mass is 35.5. The zero-order chi connectivity index (χ0) is 23.1. The summed E-state index contributed by atoms with van der Waals surface area (Å²) in [4.78, 5) is 27.1. The predicted octanol–water partition coefficient (Wildman–Crippen LogP) is 4.01. The minimum atomic E-state index is -0.341. The molecule has 0 aliphatic carbocycles. The van der Waals surface area contributed by atoms with Crippen LogP contribution >= 0.6 is 11.6 Å². The van der Waals surface area contributed by atoms with Gasteiger partial charge in [-0.15, -0.1) is 0 Å². The van der Waals surface area contributed by atoms with E-state index < -0.39 is 0 Å². The van der Waals surface area contributed by atoms with Gasteiger partial charge in [-0.25, -0.2) is 0 Å². The number of anilines is 1. The van der Waals surface area contributed by atoms with Crippen molar-refractivity contribution in [2.24, 2.45) is 0 Å². The molecule has 0 saturated carbocycles. The predicted molar refractivity (Wildman–Crippen MR) is 121 cm³/mol. The number of nitrogens with zero attached hydrogens (tertiary/aromatic N) is 1. The number of hydrogen-bond acceptors (Lipinski definition) is 6. The van der Waals surface area contributed by atoms with E-state index >= 15 is 0 Å². The van der Waals surface area contributed by atoms with Crippen molar-refractivity contribution in [3.63, 3.8) is 0 Å². The maximum atomic E-state index is 13.1. The van der Waals surface area contributed by atoms with Crippen LogP contribution in [0, 0.1) is 0 Å². The number of hydrogen-bond donors (Lipinski definition) is 1. The van der Waals surface area contributed by atoms with E-state index in [1.165, 1.54) is 18.1 Å². The second-order valence-corrected chi connectivity index (χ2v) is 7.47. The Labute approximate surface area is 192 Å². The van der Waals surface area contributed by atoms with Gasteiger partial charge in [0.1, 0.15) is 19.8 Å². The summed E-state index contributed by atoms with van der Waals surface area (Å²) in [7, 11) is 1.48. The van der Waals surface area contributed by atoms with E-state index in [1.54, 1.807) is 31.2 Å². The summed E-state index contributed by atoms with van der Waals surface area (Å²) in [5.74, 6) is 1.30. The highest BCUT2D eigenvalue weighted by Gasteiger charge is 2.22. The normalized spacial score (nSPS) is 12.1. The lowest BCUT2D eigenvalue weighted by molar-refractivity contribution is -0.116. The quantitative estimate of drug-likeness (QED) is 0.606. The molecule has 0 aromatic heterocycles. The number of rotatable bonds is 9. The molecule has 8 nitrogen and oxygen atoms in total. The molecule has 1 heterocycles. The molecule has 32 heavy (non-hydrogen) atoms. The van der Waals surface area contributed by atoms with Crippen LogP contribution in [-0.2, 0) is 4.79 Å². The Morgan fingerprint density at radius 2 is 1.88 bits per heavy atom. The minimum Gasteiger partial charge on any atom is -0.493 e. The van der Waals surface area contributed by atoms with E-state index in [0.717, 1.165) is 6.42 Å². The van der Waals surface area contributed by atoms with Gasteiger partial charge in [-0.2, -0.15) is 0 Å². The van der Waals surface area contributed by atoms with Gasteiger partial charge in [-0.3, -0.25) is 9.59 Å². The molecule has 0 fully saturated rings. The molecule has 2 aromatic carbocycles. The zero-order valence-electron chi connectivity index (χ0n) is 18.4. The van der Waals surface area contributed by atoms with Crippen LogP contribution < -0.4 is 24.3 Å². The summed E-state index contributed by atoms with van der Waals surface area (Å²) in [6.45, 7) is 5.41. The first kappa shape index (κ1) is 23.5. The Kier molecular flexibility index (Phi) is 8.05. The number of ether oxygens (including phenoxy) is 4. The minimum absolute atomic E-state index is 0.127. The number of methoxy groups -OCH3 is 1. The second-order valence-electron chi connectivity index (χ2n) is 7.06. The highest BCUT2D eigenvalue weighted by Crippen LogP contribution is 2.37. The van der Waals surface area contributed by atoms with Gasteiger partial charge in [0.25, 0.3) is 5.91 Å². The fourth-order valence-electron chi connectivity index (χ4n) is 3.19. The molecule has 0 atom stereocenters. The lowest BCUT2D eigenvalue weighted by Gasteiger charge is -2.22. The summed E-state index contributed by atoms with van der Waals surface area (Å²) >= 11 is 6.33. The molecule has 1 aliphatic rings. The summed E-state index contributed by atoms with van der Waals surface area (Å²) < 4.78 is 22.0. The summed E-state index contributed by atoms with van der Waals surface area (Å²) in [6, 6.07) is 8.26. The van der Waals surface area contributed by atoms with Crippen LogP contribution in [0.5, 0.6) is 23.0 Å². The molecule has 3 rings (SSSR count). The van der Waals surface area contributed by atoms with Gasteiger partial charge in [0.05, 0.1) is 18.7 Å². The van der Waals surface area contributed by atoms with Crippen LogP contribution in [-0.4, -0.2) is 56.7 Å². The number of carbonyl (C=O) groups is 2. The van der Waals surface area contributed by atoms with Gasteiger partial charge in [-0.1, -0.05) is 18.5 Å². The van der Waals surface area contributed by atoms with E-state index in [-0.39, 0.29) is 23.4 Å². The maximum absolute atomic E-state index is 13.1. The summed E-state index contributed by atoms with van der Waals surface area (Å²) in [5.41, 5.74) is 0.870. The summed E-state index contributed by atoms with van der Waals surface area (Å²) in [6.07, 6.45) is 0.808. The van der Waals surface area contributed by atoms with E-state index in [4.69, 9.17) is 30.5 Å². The largest absolute Gasteiger partial charge is 0.493 e. The molecule has 2 aromatic rings. The zero-order valence-corrected chi connectivity index (χ0v) is 19.2. The molecule has 1 N–H and O–H groups in total. The van der Waals surface area contributed by atoms with Gasteiger partial charge in [0.2, 0.25) is 5.91 Å². The molecule has 0 radical (unpaired) electrons. The number of nitrogens with one attached hydrogen (secondary N) is 1. The maximum Gasteiger partial charge on any atom is 0.254 e. The molecule has 2 amide bonds. The van der Waals surface area contributed by atoms with Crippen molar-refractivity contribution in [3.8, 4) is 23.0 Å². The van der Waals surface area contributed by atoms with E-state index in [0.29, 0.717) is 60.6 Å². The number of carbonyl (C=O) groups excluding carboxylic acids is 2. The van der Waals surface area contributed by atoms with Crippen molar-refractivity contribution in [2.75, 3.05) is 45.3 Å². The molecular formula is C23H27ClN2O6. The fraction of sp³-hybridized carbons (Fsp3) is 0.391. The molecule has 172 valence electrons. The first-order valence-corrected chi connectivity index (χ1v) is 10.8. The van der Waals surface area contributed by atoms with Gasteiger partial charge >= 0.3 is 0 Å².